The summed E-state index contributed by atoms with van der Waals surface area (Å²) >= 11 is 4.25. The van der Waals surface area contributed by atoms with Crippen LogP contribution in [-0.4, -0.2) is 43.2 Å². The Kier molecular flexibility index (Phi) is 4.80. The minimum absolute atomic E-state index is 0.139. The number of hydrogen-bond donors (Lipinski definition) is 0. The molecule has 110 valence electrons. The predicted octanol–water partition coefficient (Wildman–Crippen LogP) is 1.06. The molecule has 0 fully saturated rings. The number of nitrogens with zero attached hydrogens (tertiary/aromatic N) is 6. The number of tetrazole rings is 1. The molecular formula is C9H7BrN6O4S. The van der Waals surface area contributed by atoms with Gasteiger partial charge in [-0.1, -0.05) is 0 Å². The number of carbonyl (C=O) groups is 1. The zero-order valence-electron chi connectivity index (χ0n) is 10.5. The number of carbonyl (C=O) groups excluding carboxylic acids is 1. The molecule has 0 N–H and O–H groups in total. The fourth-order valence-electron chi connectivity index (χ4n) is 1.23. The Morgan fingerprint density at radius 2 is 2.38 bits per heavy atom. The minimum atomic E-state index is -0.548. The van der Waals surface area contributed by atoms with E-state index in [9.17, 15) is 14.9 Å². The predicted molar refractivity (Wildman–Crippen MR) is 72.5 cm³/mol. The van der Waals surface area contributed by atoms with Crippen molar-refractivity contribution in [1.29, 1.82) is 0 Å². The lowest BCUT2D eigenvalue weighted by Crippen LogP contribution is -2.13. The Hall–Kier alpha value is -2.08. The van der Waals surface area contributed by atoms with Gasteiger partial charge in [-0.15, -0.1) is 5.10 Å². The van der Waals surface area contributed by atoms with Crippen LogP contribution in [0.15, 0.2) is 26.9 Å². The highest BCUT2D eigenvalue weighted by Gasteiger charge is 2.16. The van der Waals surface area contributed by atoms with Crippen LogP contribution in [-0.2, 0) is 16.1 Å². The standard InChI is InChI=1S/C9H7BrN6O4S/c1-20-7(17)4-15-9(12-13-14-15)21-8-6(10)2-5(3-11-8)16(18)19/h2-3H,4H2,1H3. The van der Waals surface area contributed by atoms with E-state index < -0.39 is 10.9 Å². The topological polar surface area (TPSA) is 126 Å². The van der Waals surface area contributed by atoms with Crippen molar-refractivity contribution in [1.82, 2.24) is 25.2 Å². The Bertz CT molecular complexity index is 693. The highest BCUT2D eigenvalue weighted by Crippen LogP contribution is 2.32. The van der Waals surface area contributed by atoms with Gasteiger partial charge in [0.1, 0.15) is 17.8 Å². The molecule has 0 bridgehead atoms. The molecule has 0 aliphatic rings. The molecule has 0 unspecified atom stereocenters. The van der Waals surface area contributed by atoms with Gasteiger partial charge < -0.3 is 4.74 Å². The lowest BCUT2D eigenvalue weighted by molar-refractivity contribution is -0.385. The Labute approximate surface area is 130 Å². The van der Waals surface area contributed by atoms with Gasteiger partial charge in [0, 0.05) is 6.07 Å². The molecule has 0 aliphatic heterocycles. The van der Waals surface area contributed by atoms with Gasteiger partial charge in [0.15, 0.2) is 0 Å². The maximum Gasteiger partial charge on any atom is 0.327 e. The first-order valence-corrected chi connectivity index (χ1v) is 6.93. The first kappa shape index (κ1) is 15.3. The summed E-state index contributed by atoms with van der Waals surface area (Å²) in [6.07, 6.45) is 1.13. The third-order valence-electron chi connectivity index (χ3n) is 2.20. The smallest absolute Gasteiger partial charge is 0.327 e. The molecule has 0 aromatic carbocycles. The van der Waals surface area contributed by atoms with Crippen LogP contribution in [0, 0.1) is 10.1 Å². The number of hydrogen-bond acceptors (Lipinski definition) is 9. The number of ether oxygens (including phenoxy) is 1. The SMILES string of the molecule is COC(=O)Cn1nnnc1Sc1ncc([N+](=O)[O-])cc1Br. The van der Waals surface area contributed by atoms with Gasteiger partial charge in [-0.3, -0.25) is 14.9 Å². The van der Waals surface area contributed by atoms with Crippen molar-refractivity contribution in [3.63, 3.8) is 0 Å². The third-order valence-corrected chi connectivity index (χ3v) is 4.06. The van der Waals surface area contributed by atoms with Gasteiger partial charge in [0.2, 0.25) is 5.16 Å². The van der Waals surface area contributed by atoms with Crippen molar-refractivity contribution in [2.45, 2.75) is 16.7 Å². The number of pyridine rings is 1. The summed E-state index contributed by atoms with van der Waals surface area (Å²) < 4.78 is 6.20. The van der Waals surface area contributed by atoms with Crippen molar-refractivity contribution >= 4 is 39.3 Å². The van der Waals surface area contributed by atoms with E-state index in [-0.39, 0.29) is 12.2 Å². The fourth-order valence-corrected chi connectivity index (χ4v) is 2.53. The van der Waals surface area contributed by atoms with E-state index in [1.807, 2.05) is 0 Å². The molecule has 2 aromatic heterocycles. The second-order valence-electron chi connectivity index (χ2n) is 3.53. The molecule has 0 saturated heterocycles. The Morgan fingerprint density at radius 3 is 3.00 bits per heavy atom. The molecule has 10 nitrogen and oxygen atoms in total. The van der Waals surface area contributed by atoms with Gasteiger partial charge in [-0.05, 0) is 38.1 Å². The highest BCUT2D eigenvalue weighted by molar-refractivity contribution is 9.10. The maximum absolute atomic E-state index is 11.2. The normalized spacial score (nSPS) is 10.4. The van der Waals surface area contributed by atoms with Crippen LogP contribution < -0.4 is 0 Å². The third kappa shape index (κ3) is 3.72. The zero-order chi connectivity index (χ0) is 15.4. The molecule has 0 amide bonds. The number of esters is 1. The molecule has 0 aliphatic carbocycles. The van der Waals surface area contributed by atoms with E-state index in [0.29, 0.717) is 14.7 Å². The number of methoxy groups -OCH3 is 1. The van der Waals surface area contributed by atoms with Gasteiger partial charge in [0.25, 0.3) is 5.69 Å². The molecule has 0 atom stereocenters. The average Bonchev–Trinajstić information content (AvgIpc) is 2.87. The lowest BCUT2D eigenvalue weighted by Gasteiger charge is -2.03. The van der Waals surface area contributed by atoms with Gasteiger partial charge in [0.05, 0.1) is 16.5 Å². The first-order chi connectivity index (χ1) is 10.0. The summed E-state index contributed by atoms with van der Waals surface area (Å²) in [5, 5.41) is 22.3. The van der Waals surface area contributed by atoms with Gasteiger partial charge >= 0.3 is 5.97 Å². The van der Waals surface area contributed by atoms with E-state index in [0.717, 1.165) is 18.0 Å². The van der Waals surface area contributed by atoms with E-state index in [1.165, 1.54) is 17.9 Å². The molecule has 0 radical (unpaired) electrons. The van der Waals surface area contributed by atoms with Crippen LogP contribution in [0.3, 0.4) is 0 Å². The largest absolute Gasteiger partial charge is 0.468 e. The molecule has 2 aromatic rings. The van der Waals surface area contributed by atoms with Crippen molar-refractivity contribution in [3.05, 3.63) is 26.9 Å². The van der Waals surface area contributed by atoms with E-state index >= 15 is 0 Å². The van der Waals surface area contributed by atoms with E-state index in [2.05, 4.69) is 41.2 Å². The van der Waals surface area contributed by atoms with Gasteiger partial charge in [-0.2, -0.15) is 0 Å². The summed E-state index contributed by atoms with van der Waals surface area (Å²) in [6, 6.07) is 1.32. The molecule has 0 saturated carbocycles. The molecule has 2 heterocycles. The van der Waals surface area contributed by atoms with Crippen molar-refractivity contribution in [2.75, 3.05) is 7.11 Å². The van der Waals surface area contributed by atoms with Crippen LogP contribution in [0.25, 0.3) is 0 Å². The quantitative estimate of drug-likeness (QED) is 0.428. The average molecular weight is 375 g/mol. The molecule has 0 spiro atoms. The summed E-state index contributed by atoms with van der Waals surface area (Å²) in [5.41, 5.74) is -0.139. The molecule has 21 heavy (non-hydrogen) atoms. The summed E-state index contributed by atoms with van der Waals surface area (Å²) in [4.78, 5) is 25.3. The highest BCUT2D eigenvalue weighted by atomic mass is 79.9. The monoisotopic (exact) mass is 374 g/mol. The zero-order valence-corrected chi connectivity index (χ0v) is 12.9. The lowest BCUT2D eigenvalue weighted by atomic mass is 10.4. The Morgan fingerprint density at radius 1 is 1.62 bits per heavy atom. The second kappa shape index (κ2) is 6.58. The summed E-state index contributed by atoms with van der Waals surface area (Å²) in [5.74, 6) is -0.500. The first-order valence-electron chi connectivity index (χ1n) is 5.32. The second-order valence-corrected chi connectivity index (χ2v) is 5.35. The van der Waals surface area contributed by atoms with Crippen LogP contribution in [0.5, 0.6) is 0 Å². The maximum atomic E-state index is 11.2. The molecule has 2 rings (SSSR count). The van der Waals surface area contributed by atoms with E-state index in [4.69, 9.17) is 0 Å². The van der Waals surface area contributed by atoms with Crippen molar-refractivity contribution in [3.8, 4) is 0 Å². The Balaban J connectivity index is 2.21. The van der Waals surface area contributed by atoms with Crippen LogP contribution in [0.4, 0.5) is 5.69 Å². The van der Waals surface area contributed by atoms with Gasteiger partial charge in [-0.25, -0.2) is 9.67 Å². The summed E-state index contributed by atoms with van der Waals surface area (Å²) in [7, 11) is 1.26. The van der Waals surface area contributed by atoms with Crippen molar-refractivity contribution < 1.29 is 14.5 Å². The fraction of sp³-hybridized carbons (Fsp3) is 0.222. The number of rotatable bonds is 5. The number of aromatic nitrogens is 5. The summed E-state index contributed by atoms with van der Waals surface area (Å²) in [6.45, 7) is -0.142. The minimum Gasteiger partial charge on any atom is -0.468 e. The van der Waals surface area contributed by atoms with Crippen LogP contribution in [0.1, 0.15) is 0 Å². The van der Waals surface area contributed by atoms with E-state index in [1.54, 1.807) is 0 Å². The van der Waals surface area contributed by atoms with Crippen molar-refractivity contribution in [2.24, 2.45) is 0 Å². The number of nitro groups is 1. The molecule has 12 heteroatoms. The van der Waals surface area contributed by atoms with Crippen LogP contribution in [0.2, 0.25) is 0 Å². The van der Waals surface area contributed by atoms with Crippen LogP contribution >= 0.6 is 27.7 Å². The number of halogens is 1. The molecular weight excluding hydrogens is 368 g/mol.